The molecule has 1 amide bonds. The van der Waals surface area contributed by atoms with Crippen molar-refractivity contribution in [2.75, 3.05) is 26.7 Å². The molecule has 6 heteroatoms. The van der Waals surface area contributed by atoms with E-state index in [9.17, 15) is 4.79 Å². The summed E-state index contributed by atoms with van der Waals surface area (Å²) in [5.41, 5.74) is 0.240. The molecule has 3 N–H and O–H groups in total. The molecule has 138 valence electrons. The second-order valence-corrected chi connectivity index (χ2v) is 8.18. The van der Waals surface area contributed by atoms with Gasteiger partial charge in [0.1, 0.15) is 0 Å². The number of carbonyl (C=O) groups is 1. The third-order valence-corrected chi connectivity index (χ3v) is 6.45. The number of guanidine groups is 1. The molecule has 0 aliphatic heterocycles. The highest BCUT2D eigenvalue weighted by Crippen LogP contribution is 2.41. The largest absolute Gasteiger partial charge is 0.355 e. The van der Waals surface area contributed by atoms with Crippen LogP contribution in [0.25, 0.3) is 0 Å². The highest BCUT2D eigenvalue weighted by molar-refractivity contribution is 7.10. The topological polar surface area (TPSA) is 65.5 Å². The van der Waals surface area contributed by atoms with Crippen molar-refractivity contribution in [1.82, 2.24) is 16.0 Å². The number of nitrogens with zero attached hydrogens (tertiary/aromatic N) is 1. The fraction of sp³-hybridized carbons (Fsp3) is 0.684. The summed E-state index contributed by atoms with van der Waals surface area (Å²) in [6.07, 6.45) is 8.54. The van der Waals surface area contributed by atoms with Crippen LogP contribution in [0.2, 0.25) is 0 Å². The number of hydrogen-bond donors (Lipinski definition) is 3. The maximum Gasteiger partial charge on any atom is 0.223 e. The van der Waals surface area contributed by atoms with E-state index >= 15 is 0 Å². The van der Waals surface area contributed by atoms with Crippen molar-refractivity contribution >= 4 is 23.2 Å². The minimum absolute atomic E-state index is 0.198. The Balaban J connectivity index is 1.46. The van der Waals surface area contributed by atoms with Crippen LogP contribution in [0, 0.1) is 5.92 Å². The molecule has 0 bridgehead atoms. The molecule has 25 heavy (non-hydrogen) atoms. The van der Waals surface area contributed by atoms with Gasteiger partial charge in [0.25, 0.3) is 0 Å². The lowest BCUT2D eigenvalue weighted by Crippen LogP contribution is -2.47. The number of hydrogen-bond acceptors (Lipinski definition) is 3. The van der Waals surface area contributed by atoms with Crippen molar-refractivity contribution in [3.8, 4) is 0 Å². The van der Waals surface area contributed by atoms with Gasteiger partial charge < -0.3 is 16.0 Å². The molecular formula is C19H30N4OS. The first-order valence-electron chi connectivity index (χ1n) is 9.50. The lowest BCUT2D eigenvalue weighted by Gasteiger charge is -2.37. The first-order valence-corrected chi connectivity index (χ1v) is 10.4. The van der Waals surface area contributed by atoms with Gasteiger partial charge in [-0.2, -0.15) is 0 Å². The molecule has 1 aromatic heterocycles. The van der Waals surface area contributed by atoms with Crippen molar-refractivity contribution in [1.29, 1.82) is 0 Å². The molecule has 3 rings (SSSR count). The molecule has 2 aliphatic carbocycles. The molecule has 0 unspecified atom stereocenters. The Bertz CT molecular complexity index is 574. The van der Waals surface area contributed by atoms with Crippen LogP contribution in [-0.4, -0.2) is 38.5 Å². The Morgan fingerprint density at radius 1 is 1.20 bits per heavy atom. The lowest BCUT2D eigenvalue weighted by molar-refractivity contribution is -0.122. The monoisotopic (exact) mass is 362 g/mol. The first kappa shape index (κ1) is 18.2. The standard InChI is InChI=1S/C19H30N4OS/c1-20-18(22-12-11-21-17(24)15-7-8-15)23-14-19(9-3-2-4-10-19)16-6-5-13-25-16/h5-6,13,15H,2-4,7-12,14H2,1H3,(H,21,24)(H2,20,22,23). The number of thiophene rings is 1. The first-order chi connectivity index (χ1) is 12.2. The second-order valence-electron chi connectivity index (χ2n) is 7.24. The Kier molecular flexibility index (Phi) is 6.34. The van der Waals surface area contributed by atoms with Gasteiger partial charge in [-0.3, -0.25) is 9.79 Å². The van der Waals surface area contributed by atoms with E-state index < -0.39 is 0 Å². The summed E-state index contributed by atoms with van der Waals surface area (Å²) in [6, 6.07) is 4.44. The Morgan fingerprint density at radius 2 is 1.96 bits per heavy atom. The zero-order valence-electron chi connectivity index (χ0n) is 15.1. The predicted molar refractivity (Wildman–Crippen MR) is 104 cm³/mol. The minimum atomic E-state index is 0.198. The van der Waals surface area contributed by atoms with Crippen LogP contribution >= 0.6 is 11.3 Å². The summed E-state index contributed by atoms with van der Waals surface area (Å²) in [7, 11) is 1.80. The van der Waals surface area contributed by atoms with Crippen molar-refractivity contribution in [2.24, 2.45) is 10.9 Å². The molecule has 0 radical (unpaired) electrons. The zero-order valence-corrected chi connectivity index (χ0v) is 16.0. The number of carbonyl (C=O) groups excluding carboxylic acids is 1. The van der Waals surface area contributed by atoms with Crippen LogP contribution in [0.3, 0.4) is 0 Å². The molecular weight excluding hydrogens is 332 g/mol. The van der Waals surface area contributed by atoms with Gasteiger partial charge in [-0.15, -0.1) is 11.3 Å². The molecule has 1 heterocycles. The number of amides is 1. The second kappa shape index (κ2) is 8.70. The molecule has 1 aromatic rings. The average Bonchev–Trinajstić information content (AvgIpc) is 3.35. The van der Waals surface area contributed by atoms with Crippen molar-refractivity contribution in [3.63, 3.8) is 0 Å². The highest BCUT2D eigenvalue weighted by atomic mass is 32.1. The lowest BCUT2D eigenvalue weighted by atomic mass is 9.73. The van der Waals surface area contributed by atoms with E-state index in [2.05, 4.69) is 38.5 Å². The van der Waals surface area contributed by atoms with Gasteiger partial charge in [0.05, 0.1) is 0 Å². The van der Waals surface area contributed by atoms with Crippen LogP contribution in [0.4, 0.5) is 0 Å². The smallest absolute Gasteiger partial charge is 0.223 e. The molecule has 0 spiro atoms. The van der Waals surface area contributed by atoms with Crippen LogP contribution in [0.5, 0.6) is 0 Å². The summed E-state index contributed by atoms with van der Waals surface area (Å²) in [5.74, 6) is 1.29. The van der Waals surface area contributed by atoms with E-state index in [0.717, 1.165) is 25.3 Å². The molecule has 0 saturated heterocycles. The van der Waals surface area contributed by atoms with Crippen molar-refractivity contribution in [3.05, 3.63) is 22.4 Å². The SMILES string of the molecule is CN=C(NCCNC(=O)C1CC1)NCC1(c2cccs2)CCCCC1. The Hall–Kier alpha value is -1.56. The highest BCUT2D eigenvalue weighted by Gasteiger charge is 2.35. The van der Waals surface area contributed by atoms with Crippen LogP contribution < -0.4 is 16.0 Å². The summed E-state index contributed by atoms with van der Waals surface area (Å²) < 4.78 is 0. The molecule has 2 fully saturated rings. The maximum atomic E-state index is 11.6. The molecule has 5 nitrogen and oxygen atoms in total. The Labute approximate surface area is 154 Å². The summed E-state index contributed by atoms with van der Waals surface area (Å²) in [5, 5.41) is 12.0. The van der Waals surface area contributed by atoms with Gasteiger partial charge in [0.15, 0.2) is 5.96 Å². The third-order valence-electron chi connectivity index (χ3n) is 5.34. The molecule has 0 aromatic carbocycles. The number of rotatable bonds is 7. The molecule has 0 atom stereocenters. The van der Waals surface area contributed by atoms with E-state index in [-0.39, 0.29) is 17.2 Å². The third kappa shape index (κ3) is 4.97. The molecule has 2 saturated carbocycles. The average molecular weight is 363 g/mol. The van der Waals surface area contributed by atoms with E-state index in [1.54, 1.807) is 7.05 Å². The quantitative estimate of drug-likeness (QED) is 0.397. The molecule has 2 aliphatic rings. The van der Waals surface area contributed by atoms with Gasteiger partial charge >= 0.3 is 0 Å². The summed E-state index contributed by atoms with van der Waals surface area (Å²) in [6.45, 7) is 2.26. The van der Waals surface area contributed by atoms with Gasteiger partial charge in [-0.05, 0) is 37.1 Å². The van der Waals surface area contributed by atoms with Gasteiger partial charge in [-0.1, -0.05) is 25.3 Å². The van der Waals surface area contributed by atoms with Gasteiger partial charge in [0.2, 0.25) is 5.91 Å². The Morgan fingerprint density at radius 3 is 2.60 bits per heavy atom. The van der Waals surface area contributed by atoms with E-state index in [4.69, 9.17) is 0 Å². The number of aliphatic imine (C=N–C) groups is 1. The predicted octanol–water partition coefficient (Wildman–Crippen LogP) is 2.64. The van der Waals surface area contributed by atoms with E-state index in [1.165, 1.54) is 37.0 Å². The van der Waals surface area contributed by atoms with Crippen LogP contribution in [-0.2, 0) is 10.2 Å². The zero-order chi connectivity index (χ0) is 17.5. The van der Waals surface area contributed by atoms with E-state index in [1.807, 2.05) is 11.3 Å². The van der Waals surface area contributed by atoms with Gasteiger partial charge in [0, 0.05) is 42.9 Å². The summed E-state index contributed by atoms with van der Waals surface area (Å²) >= 11 is 1.87. The van der Waals surface area contributed by atoms with Crippen molar-refractivity contribution < 1.29 is 4.79 Å². The fourth-order valence-corrected chi connectivity index (χ4v) is 4.64. The normalized spacial score (nSPS) is 20.1. The minimum Gasteiger partial charge on any atom is -0.355 e. The number of nitrogens with one attached hydrogen (secondary N) is 3. The van der Waals surface area contributed by atoms with Gasteiger partial charge in [-0.25, -0.2) is 0 Å². The van der Waals surface area contributed by atoms with E-state index in [0.29, 0.717) is 13.1 Å². The fourth-order valence-electron chi connectivity index (χ4n) is 3.65. The maximum absolute atomic E-state index is 11.6. The van der Waals surface area contributed by atoms with Crippen molar-refractivity contribution in [2.45, 2.75) is 50.4 Å². The van der Waals surface area contributed by atoms with Crippen LogP contribution in [0.15, 0.2) is 22.5 Å². The van der Waals surface area contributed by atoms with Crippen LogP contribution in [0.1, 0.15) is 49.8 Å². The summed E-state index contributed by atoms with van der Waals surface area (Å²) in [4.78, 5) is 17.5.